The normalized spacial score (nSPS) is 11.5. The van der Waals surface area contributed by atoms with E-state index in [1.807, 2.05) is 43.3 Å². The summed E-state index contributed by atoms with van der Waals surface area (Å²) in [5, 5.41) is 16.2. The van der Waals surface area contributed by atoms with Gasteiger partial charge in [0.25, 0.3) is 11.6 Å². The van der Waals surface area contributed by atoms with Crippen molar-refractivity contribution in [2.75, 3.05) is 10.6 Å². The molecule has 0 bridgehead atoms. The number of thioether (sulfide) groups is 1. The van der Waals surface area contributed by atoms with Gasteiger partial charge in [-0.2, -0.15) is 0 Å². The van der Waals surface area contributed by atoms with Crippen LogP contribution in [0.4, 0.5) is 17.1 Å². The van der Waals surface area contributed by atoms with Gasteiger partial charge in [-0.15, -0.1) is 11.8 Å². The largest absolute Gasteiger partial charge is 0.325 e. The third kappa shape index (κ3) is 5.73. The van der Waals surface area contributed by atoms with Crippen molar-refractivity contribution in [3.63, 3.8) is 0 Å². The topological polar surface area (TPSA) is 101 Å². The summed E-state index contributed by atoms with van der Waals surface area (Å²) in [6.45, 7) is 5.41. The third-order valence-corrected chi connectivity index (χ3v) is 5.95. The first-order chi connectivity index (χ1) is 15.2. The van der Waals surface area contributed by atoms with Gasteiger partial charge >= 0.3 is 0 Å². The summed E-state index contributed by atoms with van der Waals surface area (Å²) in [4.78, 5) is 36.5. The van der Waals surface area contributed by atoms with Crippen molar-refractivity contribution in [1.29, 1.82) is 0 Å². The lowest BCUT2D eigenvalue weighted by atomic mass is 10.1. The molecule has 164 valence electrons. The molecule has 0 aliphatic rings. The molecule has 3 aromatic carbocycles. The highest BCUT2D eigenvalue weighted by molar-refractivity contribution is 8.00. The highest BCUT2D eigenvalue weighted by Crippen LogP contribution is 2.28. The van der Waals surface area contributed by atoms with Crippen LogP contribution in [0.5, 0.6) is 0 Å². The molecule has 0 aromatic heterocycles. The van der Waals surface area contributed by atoms with E-state index in [2.05, 4.69) is 10.6 Å². The van der Waals surface area contributed by atoms with E-state index in [0.29, 0.717) is 16.9 Å². The molecule has 0 saturated heterocycles. The highest BCUT2D eigenvalue weighted by atomic mass is 32.2. The summed E-state index contributed by atoms with van der Waals surface area (Å²) in [5.74, 6) is -0.467. The van der Waals surface area contributed by atoms with Crippen molar-refractivity contribution in [3.05, 3.63) is 93.5 Å². The molecule has 0 aliphatic carbocycles. The number of nitro benzene ring substituents is 1. The van der Waals surface area contributed by atoms with Gasteiger partial charge < -0.3 is 10.6 Å². The quantitative estimate of drug-likeness (QED) is 0.278. The standard InChI is InChI=1S/C24H23N3O4S/c1-15-7-4-5-10-21(15)24(29)25-18-8-6-9-20(13-18)32-17(3)23(28)26-22-14-19(27(30)31)12-11-16(22)2/h4-14,17H,1-3H3,(H,25,29)(H,26,28). The summed E-state index contributed by atoms with van der Waals surface area (Å²) >= 11 is 1.33. The van der Waals surface area contributed by atoms with Crippen LogP contribution in [-0.4, -0.2) is 22.0 Å². The van der Waals surface area contributed by atoms with Crippen molar-refractivity contribution in [1.82, 2.24) is 0 Å². The first-order valence-electron chi connectivity index (χ1n) is 9.94. The maximum atomic E-state index is 12.7. The lowest BCUT2D eigenvalue weighted by Crippen LogP contribution is -2.22. The fourth-order valence-electron chi connectivity index (χ4n) is 3.02. The van der Waals surface area contributed by atoms with E-state index < -0.39 is 10.2 Å². The van der Waals surface area contributed by atoms with Gasteiger partial charge in [0, 0.05) is 28.3 Å². The van der Waals surface area contributed by atoms with Gasteiger partial charge in [-0.05, 0) is 56.2 Å². The molecule has 0 spiro atoms. The van der Waals surface area contributed by atoms with Crippen molar-refractivity contribution in [2.24, 2.45) is 0 Å². The average Bonchev–Trinajstić information content (AvgIpc) is 2.75. The molecule has 1 unspecified atom stereocenters. The van der Waals surface area contributed by atoms with Crippen LogP contribution in [0.1, 0.15) is 28.4 Å². The average molecular weight is 450 g/mol. The van der Waals surface area contributed by atoms with Crippen LogP contribution in [0, 0.1) is 24.0 Å². The van der Waals surface area contributed by atoms with E-state index in [1.165, 1.54) is 23.9 Å². The summed E-state index contributed by atoms with van der Waals surface area (Å²) < 4.78 is 0. The minimum absolute atomic E-state index is 0.0803. The van der Waals surface area contributed by atoms with Gasteiger partial charge in [0.15, 0.2) is 0 Å². The number of hydrogen-bond acceptors (Lipinski definition) is 5. The molecule has 2 N–H and O–H groups in total. The Morgan fingerprint density at radius 1 is 0.938 bits per heavy atom. The number of amides is 2. The molecular formula is C24H23N3O4S. The smallest absolute Gasteiger partial charge is 0.271 e. The SMILES string of the molecule is Cc1ccc([N+](=O)[O-])cc1NC(=O)C(C)Sc1cccc(NC(=O)c2ccccc2C)c1. The fourth-order valence-corrected chi connectivity index (χ4v) is 3.95. The number of nitro groups is 1. The predicted molar refractivity (Wildman–Crippen MR) is 127 cm³/mol. The summed E-state index contributed by atoms with van der Waals surface area (Å²) in [5.41, 5.74) is 3.19. The summed E-state index contributed by atoms with van der Waals surface area (Å²) in [6.07, 6.45) is 0. The Kier molecular flexibility index (Phi) is 7.27. The van der Waals surface area contributed by atoms with E-state index >= 15 is 0 Å². The Morgan fingerprint density at radius 3 is 2.41 bits per heavy atom. The van der Waals surface area contributed by atoms with E-state index in [-0.39, 0.29) is 17.5 Å². The first kappa shape index (κ1) is 23.0. The number of non-ortho nitro benzene ring substituents is 1. The molecule has 0 aliphatic heterocycles. The lowest BCUT2D eigenvalue weighted by Gasteiger charge is -2.14. The molecular weight excluding hydrogens is 426 g/mol. The molecule has 0 saturated carbocycles. The van der Waals surface area contributed by atoms with Crippen LogP contribution in [0.3, 0.4) is 0 Å². The van der Waals surface area contributed by atoms with Crippen LogP contribution < -0.4 is 10.6 Å². The van der Waals surface area contributed by atoms with Crippen molar-refractivity contribution >= 4 is 40.6 Å². The number of aryl methyl sites for hydroxylation is 2. The molecule has 3 rings (SSSR count). The molecule has 0 fully saturated rings. The Labute approximate surface area is 190 Å². The molecule has 7 nitrogen and oxygen atoms in total. The summed E-state index contributed by atoms with van der Waals surface area (Å²) in [7, 11) is 0. The van der Waals surface area contributed by atoms with Crippen molar-refractivity contribution in [3.8, 4) is 0 Å². The Balaban J connectivity index is 1.67. The van der Waals surface area contributed by atoms with Gasteiger partial charge in [-0.1, -0.05) is 30.3 Å². The second-order valence-electron chi connectivity index (χ2n) is 7.30. The fraction of sp³-hybridized carbons (Fsp3) is 0.167. The van der Waals surface area contributed by atoms with Crippen LogP contribution in [0.25, 0.3) is 0 Å². The lowest BCUT2D eigenvalue weighted by molar-refractivity contribution is -0.384. The summed E-state index contributed by atoms with van der Waals surface area (Å²) in [6, 6.07) is 19.0. The second-order valence-corrected chi connectivity index (χ2v) is 8.72. The number of anilines is 2. The number of rotatable bonds is 7. The Bertz CT molecular complexity index is 1180. The zero-order chi connectivity index (χ0) is 23.3. The number of nitrogens with one attached hydrogen (secondary N) is 2. The molecule has 8 heteroatoms. The number of nitrogens with zero attached hydrogens (tertiary/aromatic N) is 1. The Morgan fingerprint density at radius 2 is 1.69 bits per heavy atom. The van der Waals surface area contributed by atoms with Crippen molar-refractivity contribution < 1.29 is 14.5 Å². The number of carbonyl (C=O) groups excluding carboxylic acids is 2. The zero-order valence-electron chi connectivity index (χ0n) is 17.9. The van der Waals surface area contributed by atoms with E-state index in [9.17, 15) is 19.7 Å². The van der Waals surface area contributed by atoms with Gasteiger partial charge in [0.2, 0.25) is 5.91 Å². The monoisotopic (exact) mass is 449 g/mol. The van der Waals surface area contributed by atoms with E-state index in [4.69, 9.17) is 0 Å². The third-order valence-electron chi connectivity index (χ3n) is 4.85. The number of carbonyl (C=O) groups is 2. The van der Waals surface area contributed by atoms with E-state index in [0.717, 1.165) is 16.0 Å². The predicted octanol–water partition coefficient (Wildman–Crippen LogP) is 5.58. The van der Waals surface area contributed by atoms with E-state index in [1.54, 1.807) is 32.0 Å². The Hall–Kier alpha value is -3.65. The molecule has 0 heterocycles. The van der Waals surface area contributed by atoms with Crippen LogP contribution in [0.15, 0.2) is 71.6 Å². The van der Waals surface area contributed by atoms with Gasteiger partial charge in [0.05, 0.1) is 15.9 Å². The van der Waals surface area contributed by atoms with Gasteiger partial charge in [-0.3, -0.25) is 19.7 Å². The molecule has 1 atom stereocenters. The van der Waals surface area contributed by atoms with Crippen LogP contribution in [0.2, 0.25) is 0 Å². The maximum Gasteiger partial charge on any atom is 0.271 e. The highest BCUT2D eigenvalue weighted by Gasteiger charge is 2.18. The van der Waals surface area contributed by atoms with Gasteiger partial charge in [0.1, 0.15) is 0 Å². The molecule has 0 radical (unpaired) electrons. The number of benzene rings is 3. The van der Waals surface area contributed by atoms with Crippen LogP contribution in [-0.2, 0) is 4.79 Å². The molecule has 32 heavy (non-hydrogen) atoms. The van der Waals surface area contributed by atoms with Gasteiger partial charge in [-0.25, -0.2) is 0 Å². The number of hydrogen-bond donors (Lipinski definition) is 2. The van der Waals surface area contributed by atoms with Crippen LogP contribution >= 0.6 is 11.8 Å². The van der Waals surface area contributed by atoms with Crippen molar-refractivity contribution in [2.45, 2.75) is 30.9 Å². The minimum atomic E-state index is -0.496. The minimum Gasteiger partial charge on any atom is -0.325 e. The first-order valence-corrected chi connectivity index (χ1v) is 10.8. The molecule has 2 amide bonds. The maximum absolute atomic E-state index is 12.7. The second kappa shape index (κ2) is 10.1. The molecule has 3 aromatic rings. The zero-order valence-corrected chi connectivity index (χ0v) is 18.7.